The molecule has 0 radical (unpaired) electrons. The zero-order valence-corrected chi connectivity index (χ0v) is 4.89. The molecule has 0 nitrogen and oxygen atoms in total. The van der Waals surface area contributed by atoms with Gasteiger partial charge in [-0.05, 0) is 11.8 Å². The minimum absolute atomic E-state index is 0.0787. The Balaban J connectivity index is 2.32. The summed E-state index contributed by atoms with van der Waals surface area (Å²) in [6.45, 7) is 0. The van der Waals surface area contributed by atoms with Gasteiger partial charge in [-0.15, -0.1) is 0 Å². The summed E-state index contributed by atoms with van der Waals surface area (Å²) in [7, 11) is 3.27. The van der Waals surface area contributed by atoms with Crippen molar-refractivity contribution in [2.24, 2.45) is 0 Å². The molecule has 0 aliphatic carbocycles. The van der Waals surface area contributed by atoms with Gasteiger partial charge in [-0.1, -0.05) is 27.7 Å². The fraction of sp³-hybridized carbons (Fsp3) is 0.500. The van der Waals surface area contributed by atoms with Crippen molar-refractivity contribution in [3.63, 3.8) is 0 Å². The summed E-state index contributed by atoms with van der Waals surface area (Å²) in [5.74, 6) is 0. The Morgan fingerprint density at radius 1 is 1.83 bits per heavy atom. The van der Waals surface area contributed by atoms with E-state index in [9.17, 15) is 0 Å². The van der Waals surface area contributed by atoms with Gasteiger partial charge in [0.25, 0.3) is 0 Å². The van der Waals surface area contributed by atoms with E-state index in [0.29, 0.717) is 0 Å². The Bertz CT molecular complexity index is 81.8. The molecule has 1 rings (SSSR count). The lowest BCUT2D eigenvalue weighted by atomic mass is 10.5. The quantitative estimate of drug-likeness (QED) is 0.449. The topological polar surface area (TPSA) is 0 Å². The van der Waals surface area contributed by atoms with Crippen LogP contribution in [-0.2, 0) is 0 Å². The minimum Gasteiger partial charge on any atom is -0.0892 e. The monoisotopic (exact) mass is 119 g/mol. The smallest absolute Gasteiger partial charge is 0.0392 e. The lowest BCUT2D eigenvalue weighted by molar-refractivity contribution is 1.25. The van der Waals surface area contributed by atoms with E-state index in [0.717, 1.165) is 6.42 Å². The highest BCUT2D eigenvalue weighted by Crippen LogP contribution is 2.27. The summed E-state index contributed by atoms with van der Waals surface area (Å²) < 4.78 is 7.16. The molecule has 0 saturated heterocycles. The fourth-order valence-electron chi connectivity index (χ4n) is 0.261. The largest absolute Gasteiger partial charge is 0.0892 e. The van der Waals surface area contributed by atoms with Crippen molar-refractivity contribution in [3.05, 3.63) is 11.5 Å². The molecule has 34 valence electrons. The van der Waals surface area contributed by atoms with E-state index >= 15 is 0 Å². The van der Waals surface area contributed by atoms with Crippen molar-refractivity contribution in [2.45, 2.75) is 6.42 Å². The summed E-state index contributed by atoms with van der Waals surface area (Å²) >= 11 is 0. The molecule has 0 bridgehead atoms. The van der Waals surface area contributed by atoms with Crippen LogP contribution in [0.3, 0.4) is 0 Å². The van der Waals surface area contributed by atoms with Crippen molar-refractivity contribution in [3.8, 4) is 0 Å². The Hall–Kier alpha value is 0.440. The molecule has 0 aromatic heterocycles. The van der Waals surface area contributed by atoms with E-state index < -0.39 is 0 Å². The van der Waals surface area contributed by atoms with Crippen LogP contribution in [0.15, 0.2) is 11.5 Å². The van der Waals surface area contributed by atoms with Crippen LogP contribution in [0.4, 0.5) is 0 Å². The van der Waals surface area contributed by atoms with E-state index in [1.807, 2.05) is 11.5 Å². The van der Waals surface area contributed by atoms with Gasteiger partial charge in [0, 0.05) is 7.10 Å². The summed E-state index contributed by atoms with van der Waals surface area (Å²) in [6.07, 6.45) is 2.95. The number of hydrogen-bond donors (Lipinski definition) is 0. The molecule has 1 heterocycles. The molecule has 0 aromatic carbocycles. The SMILES string of the molecule is [2H]C1CC=CSS1. The Morgan fingerprint density at radius 2 is 2.83 bits per heavy atom. The van der Waals surface area contributed by atoms with Crippen molar-refractivity contribution in [2.75, 3.05) is 5.73 Å². The molecule has 1 atom stereocenters. The van der Waals surface area contributed by atoms with Crippen LogP contribution in [0.1, 0.15) is 7.79 Å². The Morgan fingerprint density at radius 3 is 3.17 bits per heavy atom. The highest BCUT2D eigenvalue weighted by molar-refractivity contribution is 8.77. The van der Waals surface area contributed by atoms with Gasteiger partial charge in [0.05, 0.1) is 0 Å². The molecule has 2 heteroatoms. The molecule has 0 fully saturated rings. The normalized spacial score (nSPS) is 36.0. The van der Waals surface area contributed by atoms with Gasteiger partial charge in [0.15, 0.2) is 0 Å². The summed E-state index contributed by atoms with van der Waals surface area (Å²) in [5.41, 5.74) is 0.0787. The molecular formula is C4H6S2. The van der Waals surface area contributed by atoms with Crippen molar-refractivity contribution in [1.82, 2.24) is 0 Å². The number of rotatable bonds is 0. The first-order chi connectivity index (χ1) is 3.39. The number of allylic oxidation sites excluding steroid dienone is 1. The van der Waals surface area contributed by atoms with Gasteiger partial charge < -0.3 is 0 Å². The zero-order chi connectivity index (χ0) is 5.11. The fourth-order valence-corrected chi connectivity index (χ4v) is 1.68. The van der Waals surface area contributed by atoms with E-state index in [1.165, 1.54) is 0 Å². The highest BCUT2D eigenvalue weighted by Gasteiger charge is 1.88. The van der Waals surface area contributed by atoms with E-state index in [4.69, 9.17) is 1.37 Å². The predicted octanol–water partition coefficient (Wildman–Crippen LogP) is 2.29. The van der Waals surface area contributed by atoms with Crippen LogP contribution in [-0.4, -0.2) is 5.73 Å². The maximum absolute atomic E-state index is 7.16. The van der Waals surface area contributed by atoms with Crippen LogP contribution in [0, 0.1) is 0 Å². The van der Waals surface area contributed by atoms with E-state index in [-0.39, 0.29) is 5.73 Å². The van der Waals surface area contributed by atoms with Crippen molar-refractivity contribution < 1.29 is 1.37 Å². The van der Waals surface area contributed by atoms with E-state index in [1.54, 1.807) is 21.6 Å². The third kappa shape index (κ3) is 1.27. The Kier molecular flexibility index (Phi) is 1.48. The summed E-state index contributed by atoms with van der Waals surface area (Å²) in [5, 5.41) is 2.04. The van der Waals surface area contributed by atoms with Gasteiger partial charge in [-0.2, -0.15) is 0 Å². The van der Waals surface area contributed by atoms with Gasteiger partial charge >= 0.3 is 0 Å². The maximum Gasteiger partial charge on any atom is 0.0392 e. The summed E-state index contributed by atoms with van der Waals surface area (Å²) in [4.78, 5) is 0. The molecule has 1 aliphatic rings. The lowest BCUT2D eigenvalue weighted by Gasteiger charge is -1.96. The van der Waals surface area contributed by atoms with Crippen LogP contribution >= 0.6 is 21.6 Å². The van der Waals surface area contributed by atoms with Crippen LogP contribution in [0.25, 0.3) is 0 Å². The van der Waals surface area contributed by atoms with Crippen LogP contribution in [0.2, 0.25) is 0 Å². The maximum atomic E-state index is 7.16. The standard InChI is InChI=1S/C4H6S2/c1-2-4-6-5-3-1/h1,3H,2,4H2/i4D. The average Bonchev–Trinajstić information content (AvgIpc) is 1.69. The van der Waals surface area contributed by atoms with Crippen molar-refractivity contribution >= 4 is 21.6 Å². The molecule has 6 heavy (non-hydrogen) atoms. The highest BCUT2D eigenvalue weighted by atomic mass is 33.1. The van der Waals surface area contributed by atoms with Crippen LogP contribution < -0.4 is 0 Å². The predicted molar refractivity (Wildman–Crippen MR) is 33.8 cm³/mol. The molecule has 0 aromatic rings. The van der Waals surface area contributed by atoms with Gasteiger partial charge in [0.1, 0.15) is 0 Å². The zero-order valence-electron chi connectivity index (χ0n) is 4.26. The second-order valence-electron chi connectivity index (χ2n) is 0.967. The number of hydrogen-bond acceptors (Lipinski definition) is 2. The van der Waals surface area contributed by atoms with Gasteiger partial charge in [-0.25, -0.2) is 0 Å². The third-order valence-electron chi connectivity index (χ3n) is 0.508. The van der Waals surface area contributed by atoms with Gasteiger partial charge in [0.2, 0.25) is 0 Å². The molecular weight excluding hydrogens is 112 g/mol. The first-order valence-corrected chi connectivity index (χ1v) is 4.06. The molecule has 0 spiro atoms. The first kappa shape index (κ1) is 3.44. The van der Waals surface area contributed by atoms with Crippen LogP contribution in [0.5, 0.6) is 0 Å². The Labute approximate surface area is 47.2 Å². The molecule has 1 aliphatic heterocycles. The first-order valence-electron chi connectivity index (χ1n) is 2.37. The second kappa shape index (κ2) is 2.59. The molecule has 1 unspecified atom stereocenters. The van der Waals surface area contributed by atoms with Crippen molar-refractivity contribution in [1.29, 1.82) is 0 Å². The molecule has 0 N–H and O–H groups in total. The third-order valence-corrected chi connectivity index (χ3v) is 2.33. The van der Waals surface area contributed by atoms with E-state index in [2.05, 4.69) is 0 Å². The molecule has 0 saturated carbocycles. The van der Waals surface area contributed by atoms with Gasteiger partial charge in [-0.3, -0.25) is 0 Å². The molecule has 0 amide bonds. The minimum atomic E-state index is 0.0787. The second-order valence-corrected chi connectivity index (χ2v) is 3.11. The summed E-state index contributed by atoms with van der Waals surface area (Å²) in [6, 6.07) is 0. The average molecular weight is 119 g/mol. The lowest BCUT2D eigenvalue weighted by Crippen LogP contribution is -1.72.